The molecule has 0 aromatic heterocycles. The van der Waals surface area contributed by atoms with Crippen LogP contribution in [-0.4, -0.2) is 18.0 Å². The second-order valence-electron chi connectivity index (χ2n) is 5.30. The van der Waals surface area contributed by atoms with Crippen LogP contribution >= 0.6 is 0 Å². The lowest BCUT2D eigenvalue weighted by atomic mass is 9.87. The third kappa shape index (κ3) is 2.26. The summed E-state index contributed by atoms with van der Waals surface area (Å²) in [6.45, 7) is 0. The molecule has 98 valence electrons. The van der Waals surface area contributed by atoms with E-state index >= 15 is 0 Å². The normalized spacial score (nSPS) is 28.9. The molecule has 0 N–H and O–H groups in total. The fourth-order valence-electron chi connectivity index (χ4n) is 3.07. The zero-order valence-corrected chi connectivity index (χ0v) is 10.4. The third-order valence-electron chi connectivity index (χ3n) is 4.03. The van der Waals surface area contributed by atoms with Crippen LogP contribution in [0.3, 0.4) is 0 Å². The highest BCUT2D eigenvalue weighted by molar-refractivity contribution is 5.98. The summed E-state index contributed by atoms with van der Waals surface area (Å²) in [7, 11) is 0. The molecule has 2 unspecified atom stereocenters. The Kier molecular flexibility index (Phi) is 3.08. The molecular weight excluding hydrogens is 245 g/mol. The second kappa shape index (κ2) is 4.75. The molecule has 2 heterocycles. The van der Waals surface area contributed by atoms with Gasteiger partial charge in [-0.1, -0.05) is 0 Å². The molecule has 19 heavy (non-hydrogen) atoms. The number of benzene rings is 1. The van der Waals surface area contributed by atoms with E-state index in [1.54, 1.807) is 6.07 Å². The minimum absolute atomic E-state index is 0.0108. The second-order valence-corrected chi connectivity index (χ2v) is 5.30. The maximum Gasteiger partial charge on any atom is 0.166 e. The van der Waals surface area contributed by atoms with Gasteiger partial charge in [-0.25, -0.2) is 4.39 Å². The van der Waals surface area contributed by atoms with Crippen molar-refractivity contribution in [2.45, 2.75) is 37.9 Å². The Morgan fingerprint density at radius 3 is 2.63 bits per heavy atom. The zero-order chi connectivity index (χ0) is 13.4. The Morgan fingerprint density at radius 1 is 1.32 bits per heavy atom. The average Bonchev–Trinajstić information content (AvgIpc) is 2.77. The van der Waals surface area contributed by atoms with Crippen LogP contribution in [0.25, 0.3) is 0 Å². The van der Waals surface area contributed by atoms with E-state index in [9.17, 15) is 9.18 Å². The maximum atomic E-state index is 13.3. The summed E-state index contributed by atoms with van der Waals surface area (Å²) >= 11 is 0. The number of ketones is 1. The number of nitriles is 1. The number of carbonyl (C=O) groups is 1. The summed E-state index contributed by atoms with van der Waals surface area (Å²) in [6, 6.07) is 5.79. The lowest BCUT2D eigenvalue weighted by molar-refractivity contribution is -0.0149. The SMILES string of the molecule is N#Cc1cc(C(=O)C2CC3CCC(C2)O3)ccc1F. The molecule has 3 rings (SSSR count). The molecule has 0 aliphatic carbocycles. The molecule has 0 spiro atoms. The van der Waals surface area contributed by atoms with Gasteiger partial charge in [0.05, 0.1) is 17.8 Å². The van der Waals surface area contributed by atoms with Crippen LogP contribution in [0.1, 0.15) is 41.6 Å². The Bertz CT molecular complexity index is 552. The smallest absolute Gasteiger partial charge is 0.166 e. The summed E-state index contributed by atoms with van der Waals surface area (Å²) in [5.41, 5.74) is 0.366. The van der Waals surface area contributed by atoms with Crippen molar-refractivity contribution in [3.05, 3.63) is 35.1 Å². The molecule has 4 heteroatoms. The van der Waals surface area contributed by atoms with Gasteiger partial charge in [-0.05, 0) is 43.9 Å². The van der Waals surface area contributed by atoms with Crippen molar-refractivity contribution in [3.63, 3.8) is 0 Å². The van der Waals surface area contributed by atoms with Crippen LogP contribution in [0.2, 0.25) is 0 Å². The van der Waals surface area contributed by atoms with E-state index in [0.717, 1.165) is 25.7 Å². The third-order valence-corrected chi connectivity index (χ3v) is 4.03. The molecule has 3 nitrogen and oxygen atoms in total. The van der Waals surface area contributed by atoms with Crippen LogP contribution in [0.5, 0.6) is 0 Å². The summed E-state index contributed by atoms with van der Waals surface area (Å²) in [5, 5.41) is 8.81. The number of hydrogen-bond donors (Lipinski definition) is 0. The summed E-state index contributed by atoms with van der Waals surface area (Å²) in [6.07, 6.45) is 3.94. The number of fused-ring (bicyclic) bond motifs is 2. The van der Waals surface area contributed by atoms with Crippen molar-refractivity contribution in [2.75, 3.05) is 0 Å². The molecule has 1 aromatic carbocycles. The molecule has 2 saturated heterocycles. The molecule has 0 saturated carbocycles. The molecule has 2 bridgehead atoms. The van der Waals surface area contributed by atoms with Gasteiger partial charge in [-0.2, -0.15) is 5.26 Å². The van der Waals surface area contributed by atoms with Gasteiger partial charge in [0.1, 0.15) is 11.9 Å². The Morgan fingerprint density at radius 2 is 2.00 bits per heavy atom. The van der Waals surface area contributed by atoms with Crippen molar-refractivity contribution < 1.29 is 13.9 Å². The zero-order valence-electron chi connectivity index (χ0n) is 10.4. The van der Waals surface area contributed by atoms with E-state index < -0.39 is 5.82 Å². The summed E-state index contributed by atoms with van der Waals surface area (Å²) in [5.74, 6) is -0.619. The molecular formula is C15H14FNO2. The first-order valence-electron chi connectivity index (χ1n) is 6.56. The fourth-order valence-corrected chi connectivity index (χ4v) is 3.07. The van der Waals surface area contributed by atoms with Gasteiger partial charge in [0.25, 0.3) is 0 Å². The molecule has 2 aliphatic rings. The van der Waals surface area contributed by atoms with Crippen LogP contribution in [0, 0.1) is 23.1 Å². The van der Waals surface area contributed by atoms with Crippen LogP contribution in [0.15, 0.2) is 18.2 Å². The molecule has 0 radical (unpaired) electrons. The molecule has 1 aromatic rings. The number of ether oxygens (including phenoxy) is 1. The Hall–Kier alpha value is -1.73. The first-order valence-corrected chi connectivity index (χ1v) is 6.56. The highest BCUT2D eigenvalue weighted by atomic mass is 19.1. The predicted molar refractivity (Wildman–Crippen MR) is 66.1 cm³/mol. The predicted octanol–water partition coefficient (Wildman–Crippen LogP) is 2.84. The first-order chi connectivity index (χ1) is 9.17. The van der Waals surface area contributed by atoms with Gasteiger partial charge in [-0.3, -0.25) is 4.79 Å². The number of halogens is 1. The lowest BCUT2D eigenvalue weighted by Gasteiger charge is -2.27. The van der Waals surface area contributed by atoms with Crippen molar-refractivity contribution in [2.24, 2.45) is 5.92 Å². The van der Waals surface area contributed by atoms with E-state index in [0.29, 0.717) is 5.56 Å². The standard InChI is InChI=1S/C15H14FNO2/c16-14-4-1-9(5-11(14)8-17)15(18)10-6-12-2-3-13(7-10)19-12/h1,4-5,10,12-13H,2-3,6-7H2. The quantitative estimate of drug-likeness (QED) is 0.767. The van der Waals surface area contributed by atoms with Gasteiger partial charge in [0, 0.05) is 11.5 Å². The van der Waals surface area contributed by atoms with Gasteiger partial charge < -0.3 is 4.74 Å². The largest absolute Gasteiger partial charge is 0.375 e. The van der Waals surface area contributed by atoms with Crippen molar-refractivity contribution in [1.29, 1.82) is 5.26 Å². The first kappa shape index (κ1) is 12.3. The number of Topliss-reactive ketones (excluding diaryl/α,β-unsaturated/α-hetero) is 1. The van der Waals surface area contributed by atoms with Gasteiger partial charge in [-0.15, -0.1) is 0 Å². The molecule has 2 aliphatic heterocycles. The fraction of sp³-hybridized carbons (Fsp3) is 0.467. The number of hydrogen-bond acceptors (Lipinski definition) is 3. The summed E-state index contributed by atoms with van der Waals surface area (Å²) in [4.78, 5) is 12.4. The summed E-state index contributed by atoms with van der Waals surface area (Å²) < 4.78 is 19.0. The van der Waals surface area contributed by atoms with Gasteiger partial charge in [0.2, 0.25) is 0 Å². The minimum atomic E-state index is -0.578. The van der Waals surface area contributed by atoms with Crippen LogP contribution in [-0.2, 0) is 4.74 Å². The van der Waals surface area contributed by atoms with E-state index in [-0.39, 0.29) is 29.5 Å². The van der Waals surface area contributed by atoms with Crippen LogP contribution < -0.4 is 0 Å². The minimum Gasteiger partial charge on any atom is -0.375 e. The Balaban J connectivity index is 1.82. The van der Waals surface area contributed by atoms with Crippen molar-refractivity contribution in [3.8, 4) is 6.07 Å². The van der Waals surface area contributed by atoms with E-state index in [2.05, 4.69) is 0 Å². The lowest BCUT2D eigenvalue weighted by Crippen LogP contribution is -2.30. The van der Waals surface area contributed by atoms with E-state index in [1.165, 1.54) is 18.2 Å². The number of nitrogens with zero attached hydrogens (tertiary/aromatic N) is 1. The molecule has 2 fully saturated rings. The monoisotopic (exact) mass is 259 g/mol. The van der Waals surface area contributed by atoms with E-state index in [1.807, 2.05) is 0 Å². The van der Waals surface area contributed by atoms with Crippen LogP contribution in [0.4, 0.5) is 4.39 Å². The molecule has 0 amide bonds. The maximum absolute atomic E-state index is 13.3. The molecule has 2 atom stereocenters. The number of rotatable bonds is 2. The van der Waals surface area contributed by atoms with Crippen molar-refractivity contribution in [1.82, 2.24) is 0 Å². The topological polar surface area (TPSA) is 50.1 Å². The van der Waals surface area contributed by atoms with E-state index in [4.69, 9.17) is 10.00 Å². The Labute approximate surface area is 111 Å². The van der Waals surface area contributed by atoms with Gasteiger partial charge in [0.15, 0.2) is 5.78 Å². The highest BCUT2D eigenvalue weighted by Crippen LogP contribution is 2.37. The van der Waals surface area contributed by atoms with Crippen molar-refractivity contribution >= 4 is 5.78 Å². The number of carbonyl (C=O) groups excluding carboxylic acids is 1. The highest BCUT2D eigenvalue weighted by Gasteiger charge is 2.38. The average molecular weight is 259 g/mol. The van der Waals surface area contributed by atoms with Gasteiger partial charge >= 0.3 is 0 Å².